The van der Waals surface area contributed by atoms with Gasteiger partial charge in [0.2, 0.25) is 0 Å². The highest BCUT2D eigenvalue weighted by Gasteiger charge is 2.43. The Morgan fingerprint density at radius 1 is 0.933 bits per heavy atom. The van der Waals surface area contributed by atoms with Crippen LogP contribution in [0.5, 0.6) is 0 Å². The topological polar surface area (TPSA) is 57.7 Å². The van der Waals surface area contributed by atoms with Gasteiger partial charge in [-0.25, -0.2) is 17.6 Å². The lowest BCUT2D eigenvalue weighted by Gasteiger charge is -2.37. The normalized spacial score (nSPS) is 15.2. The van der Waals surface area contributed by atoms with E-state index in [-0.39, 0.29) is 33.4 Å². The zero-order chi connectivity index (χ0) is 21.5. The van der Waals surface area contributed by atoms with E-state index in [9.17, 15) is 17.6 Å². The first-order chi connectivity index (χ1) is 14.4. The monoisotopic (exact) mass is 444 g/mol. The number of para-hydroxylation sites is 2. The molecule has 0 bridgehead atoms. The van der Waals surface area contributed by atoms with Crippen LogP contribution in [-0.2, 0) is 23.0 Å². The van der Waals surface area contributed by atoms with E-state index in [4.69, 9.17) is 11.6 Å². The predicted molar refractivity (Wildman–Crippen MR) is 115 cm³/mol. The van der Waals surface area contributed by atoms with E-state index < -0.39 is 21.9 Å². The molecule has 1 aliphatic rings. The largest absolute Gasteiger partial charge is 0.343 e. The van der Waals surface area contributed by atoms with Crippen LogP contribution in [0.15, 0.2) is 71.6 Å². The van der Waals surface area contributed by atoms with Gasteiger partial charge in [-0.15, -0.1) is 0 Å². The smallest absolute Gasteiger partial charge is 0.287 e. The van der Waals surface area contributed by atoms with E-state index in [1.54, 1.807) is 36.4 Å². The number of hydrogen-bond acceptors (Lipinski definition) is 3. The van der Waals surface area contributed by atoms with Gasteiger partial charge in [0.1, 0.15) is 10.7 Å². The molecule has 0 aliphatic carbocycles. The van der Waals surface area contributed by atoms with Crippen LogP contribution in [0.25, 0.3) is 0 Å². The number of sulfonamides is 1. The SMILES string of the molecule is CCc1ccccc1N1C(=O)N(Cc2c(F)cccc2Cl)c2ccccc2S1(=O)=O. The maximum atomic E-state index is 14.4. The van der Waals surface area contributed by atoms with Crippen LogP contribution >= 0.6 is 11.6 Å². The summed E-state index contributed by atoms with van der Waals surface area (Å²) in [4.78, 5) is 14.7. The molecular weight excluding hydrogens is 427 g/mol. The van der Waals surface area contributed by atoms with Crippen LogP contribution in [0.2, 0.25) is 5.02 Å². The van der Waals surface area contributed by atoms with E-state index in [1.165, 1.54) is 35.2 Å². The number of amides is 2. The summed E-state index contributed by atoms with van der Waals surface area (Å²) >= 11 is 6.17. The zero-order valence-electron chi connectivity index (χ0n) is 16.0. The molecule has 1 aliphatic heterocycles. The lowest BCUT2D eigenvalue weighted by Crippen LogP contribution is -2.51. The Balaban J connectivity index is 1.92. The highest BCUT2D eigenvalue weighted by Crippen LogP contribution is 2.39. The molecule has 3 aromatic carbocycles. The summed E-state index contributed by atoms with van der Waals surface area (Å²) in [5.41, 5.74) is 1.29. The molecule has 2 amide bonds. The Morgan fingerprint density at radius 2 is 1.60 bits per heavy atom. The minimum Gasteiger partial charge on any atom is -0.287 e. The van der Waals surface area contributed by atoms with Crippen LogP contribution in [0.1, 0.15) is 18.1 Å². The minimum atomic E-state index is -4.15. The molecule has 4 rings (SSSR count). The van der Waals surface area contributed by atoms with Gasteiger partial charge in [-0.05, 0) is 42.3 Å². The Hall–Kier alpha value is -2.90. The molecule has 0 unspecified atom stereocenters. The third-order valence-corrected chi connectivity index (χ3v) is 7.14. The van der Waals surface area contributed by atoms with E-state index in [2.05, 4.69) is 0 Å². The van der Waals surface area contributed by atoms with Gasteiger partial charge in [-0.3, -0.25) is 4.90 Å². The molecule has 0 saturated carbocycles. The van der Waals surface area contributed by atoms with E-state index in [0.29, 0.717) is 12.0 Å². The van der Waals surface area contributed by atoms with Gasteiger partial charge >= 0.3 is 6.03 Å². The van der Waals surface area contributed by atoms with Gasteiger partial charge in [-0.1, -0.05) is 54.9 Å². The highest BCUT2D eigenvalue weighted by atomic mass is 35.5. The van der Waals surface area contributed by atoms with Crippen LogP contribution in [0, 0.1) is 5.82 Å². The summed E-state index contributed by atoms with van der Waals surface area (Å²) in [6, 6.07) is 16.5. The van der Waals surface area contributed by atoms with Crippen LogP contribution in [0.4, 0.5) is 20.6 Å². The van der Waals surface area contributed by atoms with Crippen molar-refractivity contribution in [1.29, 1.82) is 0 Å². The number of hydrogen-bond donors (Lipinski definition) is 0. The van der Waals surface area contributed by atoms with Crippen molar-refractivity contribution < 1.29 is 17.6 Å². The first-order valence-electron chi connectivity index (χ1n) is 9.33. The van der Waals surface area contributed by atoms with Gasteiger partial charge < -0.3 is 0 Å². The van der Waals surface area contributed by atoms with Gasteiger partial charge in [0, 0.05) is 10.6 Å². The van der Waals surface area contributed by atoms with Crippen molar-refractivity contribution in [2.45, 2.75) is 24.8 Å². The molecule has 5 nitrogen and oxygen atoms in total. The van der Waals surface area contributed by atoms with Crippen molar-refractivity contribution in [3.63, 3.8) is 0 Å². The number of aryl methyl sites for hydroxylation is 1. The second-order valence-corrected chi connectivity index (χ2v) is 8.95. The number of urea groups is 1. The number of rotatable bonds is 4. The molecular formula is C22H18ClFN2O3S. The maximum absolute atomic E-state index is 14.4. The first-order valence-corrected chi connectivity index (χ1v) is 11.1. The van der Waals surface area contributed by atoms with Crippen molar-refractivity contribution in [2.75, 3.05) is 9.21 Å². The number of carbonyl (C=O) groups is 1. The standard InChI is InChI=1S/C22H18ClFN2O3S/c1-2-15-8-3-4-11-19(15)26-22(27)25(14-16-17(23)9-7-10-18(16)24)20-12-5-6-13-21(20)30(26,28)29/h3-13H,2,14H2,1H3. The Kier molecular flexibility index (Phi) is 5.26. The number of carbonyl (C=O) groups excluding carboxylic acids is 1. The molecule has 8 heteroatoms. The number of anilines is 2. The third kappa shape index (κ3) is 3.24. The lowest BCUT2D eigenvalue weighted by molar-refractivity contribution is 0.253. The third-order valence-electron chi connectivity index (χ3n) is 5.05. The molecule has 0 atom stereocenters. The fourth-order valence-electron chi connectivity index (χ4n) is 3.55. The predicted octanol–water partition coefficient (Wildman–Crippen LogP) is 5.38. The van der Waals surface area contributed by atoms with E-state index in [1.807, 2.05) is 6.92 Å². The van der Waals surface area contributed by atoms with Crippen LogP contribution in [0.3, 0.4) is 0 Å². The Morgan fingerprint density at radius 3 is 2.30 bits per heavy atom. The fraction of sp³-hybridized carbons (Fsp3) is 0.136. The second-order valence-electron chi connectivity index (χ2n) is 6.79. The second kappa shape index (κ2) is 7.74. The number of fused-ring (bicyclic) bond motifs is 1. The van der Waals surface area contributed by atoms with Crippen molar-refractivity contribution in [3.05, 3.63) is 88.7 Å². The number of benzene rings is 3. The summed E-state index contributed by atoms with van der Waals surface area (Å²) < 4.78 is 42.0. The Bertz CT molecular complexity index is 1230. The molecule has 0 spiro atoms. The number of halogens is 2. The molecule has 154 valence electrons. The summed E-state index contributed by atoms with van der Waals surface area (Å²) in [5.74, 6) is -0.568. The molecule has 0 fully saturated rings. The number of nitrogens with zero attached hydrogens (tertiary/aromatic N) is 2. The summed E-state index contributed by atoms with van der Waals surface area (Å²) in [5, 5.41) is 0.161. The van der Waals surface area contributed by atoms with Crippen LogP contribution in [-0.4, -0.2) is 14.4 Å². The van der Waals surface area contributed by atoms with Gasteiger partial charge in [-0.2, -0.15) is 4.31 Å². The first kappa shape index (κ1) is 20.4. The molecule has 0 radical (unpaired) electrons. The Labute approximate surface area is 179 Å². The van der Waals surface area contributed by atoms with Gasteiger partial charge in [0.15, 0.2) is 0 Å². The average Bonchev–Trinajstić information content (AvgIpc) is 2.73. The molecule has 1 heterocycles. The van der Waals surface area contributed by atoms with E-state index in [0.717, 1.165) is 4.31 Å². The average molecular weight is 445 g/mol. The molecule has 0 aromatic heterocycles. The minimum absolute atomic E-state index is 0.0250. The van der Waals surface area contributed by atoms with Gasteiger partial charge in [0.25, 0.3) is 10.0 Å². The van der Waals surface area contributed by atoms with Crippen molar-refractivity contribution >= 4 is 39.0 Å². The quantitative estimate of drug-likeness (QED) is 0.543. The molecule has 30 heavy (non-hydrogen) atoms. The van der Waals surface area contributed by atoms with Crippen molar-refractivity contribution in [2.24, 2.45) is 0 Å². The van der Waals surface area contributed by atoms with Crippen LogP contribution < -0.4 is 9.21 Å². The molecule has 3 aromatic rings. The van der Waals surface area contributed by atoms with Crippen molar-refractivity contribution in [3.8, 4) is 0 Å². The maximum Gasteiger partial charge on any atom is 0.343 e. The fourth-order valence-corrected chi connectivity index (χ4v) is 5.40. The zero-order valence-corrected chi connectivity index (χ0v) is 17.6. The summed E-state index contributed by atoms with van der Waals surface area (Å²) in [7, 11) is -4.15. The summed E-state index contributed by atoms with van der Waals surface area (Å²) in [6.07, 6.45) is 0.538. The lowest BCUT2D eigenvalue weighted by atomic mass is 10.1. The molecule has 0 N–H and O–H groups in total. The van der Waals surface area contributed by atoms with E-state index >= 15 is 0 Å². The van der Waals surface area contributed by atoms with Gasteiger partial charge in [0.05, 0.1) is 17.9 Å². The van der Waals surface area contributed by atoms with Crippen molar-refractivity contribution in [1.82, 2.24) is 0 Å². The molecule has 0 saturated heterocycles. The summed E-state index contributed by atoms with van der Waals surface area (Å²) in [6.45, 7) is 1.67. The highest BCUT2D eigenvalue weighted by molar-refractivity contribution is 7.94.